The van der Waals surface area contributed by atoms with Crippen LogP contribution in [0.25, 0.3) is 10.6 Å². The second kappa shape index (κ2) is 7.64. The van der Waals surface area contributed by atoms with Gasteiger partial charge in [-0.05, 0) is 48.1 Å². The fourth-order valence-electron chi connectivity index (χ4n) is 3.71. The van der Waals surface area contributed by atoms with Crippen molar-refractivity contribution in [3.8, 4) is 10.6 Å². The van der Waals surface area contributed by atoms with Crippen molar-refractivity contribution in [3.63, 3.8) is 0 Å². The molecule has 27 heavy (non-hydrogen) atoms. The minimum Gasteiger partial charge on any atom is -0.337 e. The summed E-state index contributed by atoms with van der Waals surface area (Å²) in [6, 6.07) is 12.6. The van der Waals surface area contributed by atoms with E-state index in [0.717, 1.165) is 41.9 Å². The smallest absolute Gasteiger partial charge is 0.272 e. The van der Waals surface area contributed by atoms with Crippen molar-refractivity contribution in [1.82, 2.24) is 14.7 Å². The van der Waals surface area contributed by atoms with Gasteiger partial charge in [0.25, 0.3) is 5.91 Å². The molecule has 1 fully saturated rings. The van der Waals surface area contributed by atoms with Gasteiger partial charge in [-0.25, -0.2) is 4.39 Å². The highest BCUT2D eigenvalue weighted by Gasteiger charge is 2.26. The first kappa shape index (κ1) is 17.9. The standard InChI is InChI=1S/C21H22FN3OS/c1-24-19(13-18(23-24)20-6-4-12-27-20)21(26)25-11-3-2-5-16(14-25)15-7-9-17(22)10-8-15/h4,6-10,12-13,16H,2-3,5,11,14H2,1H3/t16-/m1/s1. The van der Waals surface area contributed by atoms with Crippen LogP contribution in [0.1, 0.15) is 41.2 Å². The summed E-state index contributed by atoms with van der Waals surface area (Å²) in [7, 11) is 1.82. The van der Waals surface area contributed by atoms with Crippen molar-refractivity contribution in [2.45, 2.75) is 25.2 Å². The molecule has 6 heteroatoms. The molecule has 0 N–H and O–H groups in total. The quantitative estimate of drug-likeness (QED) is 0.658. The van der Waals surface area contributed by atoms with Gasteiger partial charge in [0.05, 0.1) is 4.88 Å². The third-order valence-electron chi connectivity index (χ3n) is 5.17. The molecule has 1 saturated heterocycles. The van der Waals surface area contributed by atoms with Crippen LogP contribution >= 0.6 is 11.3 Å². The summed E-state index contributed by atoms with van der Waals surface area (Å²) in [6.45, 7) is 1.40. The van der Waals surface area contributed by atoms with Crippen LogP contribution < -0.4 is 0 Å². The van der Waals surface area contributed by atoms with Crippen LogP contribution in [0.3, 0.4) is 0 Å². The maximum atomic E-state index is 13.3. The van der Waals surface area contributed by atoms with Gasteiger partial charge >= 0.3 is 0 Å². The van der Waals surface area contributed by atoms with Crippen molar-refractivity contribution in [2.24, 2.45) is 7.05 Å². The molecule has 0 bridgehead atoms. The Kier molecular flexibility index (Phi) is 5.07. The van der Waals surface area contributed by atoms with E-state index in [1.807, 2.05) is 47.7 Å². The van der Waals surface area contributed by atoms with Gasteiger partial charge in [0.15, 0.2) is 0 Å². The maximum Gasteiger partial charge on any atom is 0.272 e. The molecule has 4 nitrogen and oxygen atoms in total. The fourth-order valence-corrected chi connectivity index (χ4v) is 4.39. The molecule has 0 radical (unpaired) electrons. The number of hydrogen-bond donors (Lipinski definition) is 0. The van der Waals surface area contributed by atoms with E-state index < -0.39 is 0 Å². The number of rotatable bonds is 3. The van der Waals surface area contributed by atoms with Gasteiger partial charge in [-0.2, -0.15) is 5.10 Å². The van der Waals surface area contributed by atoms with Crippen molar-refractivity contribution >= 4 is 17.2 Å². The van der Waals surface area contributed by atoms with Crippen molar-refractivity contribution in [1.29, 1.82) is 0 Å². The Hall–Kier alpha value is -2.47. The Morgan fingerprint density at radius 2 is 2.04 bits per heavy atom. The molecule has 1 amide bonds. The highest BCUT2D eigenvalue weighted by Crippen LogP contribution is 2.29. The molecular weight excluding hydrogens is 361 g/mol. The van der Waals surface area contributed by atoms with Gasteiger partial charge < -0.3 is 4.90 Å². The number of aryl methyl sites for hydroxylation is 1. The monoisotopic (exact) mass is 383 g/mol. The second-order valence-corrected chi connectivity index (χ2v) is 7.96. The summed E-state index contributed by atoms with van der Waals surface area (Å²) in [5, 5.41) is 6.52. The summed E-state index contributed by atoms with van der Waals surface area (Å²) < 4.78 is 14.9. The van der Waals surface area contributed by atoms with E-state index in [-0.39, 0.29) is 17.6 Å². The summed E-state index contributed by atoms with van der Waals surface area (Å²) in [4.78, 5) is 16.2. The topological polar surface area (TPSA) is 38.1 Å². The van der Waals surface area contributed by atoms with Gasteiger partial charge in [-0.1, -0.05) is 24.6 Å². The van der Waals surface area contributed by atoms with Crippen molar-refractivity contribution in [3.05, 3.63) is 64.9 Å². The molecule has 2 aromatic heterocycles. The van der Waals surface area contributed by atoms with E-state index in [1.54, 1.807) is 16.0 Å². The molecule has 1 aliphatic rings. The lowest BCUT2D eigenvalue weighted by Gasteiger charge is -2.24. The van der Waals surface area contributed by atoms with Crippen LogP contribution in [0.2, 0.25) is 0 Å². The molecule has 3 aromatic rings. The Bertz CT molecular complexity index is 918. The van der Waals surface area contributed by atoms with Gasteiger partial charge in [0.1, 0.15) is 17.2 Å². The van der Waals surface area contributed by atoms with E-state index in [9.17, 15) is 9.18 Å². The second-order valence-electron chi connectivity index (χ2n) is 7.01. The Morgan fingerprint density at radius 3 is 2.78 bits per heavy atom. The van der Waals surface area contributed by atoms with Crippen LogP contribution in [0, 0.1) is 5.82 Å². The molecule has 1 aromatic carbocycles. The molecule has 140 valence electrons. The average molecular weight is 383 g/mol. The zero-order valence-electron chi connectivity index (χ0n) is 15.3. The number of carbonyl (C=O) groups is 1. The fraction of sp³-hybridized carbons (Fsp3) is 0.333. The lowest BCUT2D eigenvalue weighted by molar-refractivity contribution is 0.0743. The molecule has 0 unspecified atom stereocenters. The lowest BCUT2D eigenvalue weighted by Crippen LogP contribution is -2.35. The minimum absolute atomic E-state index is 0.0156. The number of benzene rings is 1. The molecule has 0 spiro atoms. The largest absolute Gasteiger partial charge is 0.337 e. The number of nitrogens with zero attached hydrogens (tertiary/aromatic N) is 3. The summed E-state index contributed by atoms with van der Waals surface area (Å²) in [5.41, 5.74) is 2.54. The van der Waals surface area contributed by atoms with Crippen LogP contribution in [0.5, 0.6) is 0 Å². The number of likely N-dealkylation sites (tertiary alicyclic amines) is 1. The number of carbonyl (C=O) groups excluding carboxylic acids is 1. The first-order valence-corrected chi connectivity index (χ1v) is 10.1. The van der Waals surface area contributed by atoms with E-state index in [4.69, 9.17) is 0 Å². The van der Waals surface area contributed by atoms with Crippen LogP contribution in [-0.2, 0) is 7.05 Å². The van der Waals surface area contributed by atoms with E-state index in [0.29, 0.717) is 12.2 Å². The zero-order chi connectivity index (χ0) is 18.8. The molecule has 4 rings (SSSR count). The summed E-state index contributed by atoms with van der Waals surface area (Å²) in [5.74, 6) is 0.0279. The molecule has 1 aliphatic heterocycles. The predicted molar refractivity (Wildman–Crippen MR) is 105 cm³/mol. The molecule has 0 saturated carbocycles. The highest BCUT2D eigenvalue weighted by atomic mass is 32.1. The van der Waals surface area contributed by atoms with Gasteiger partial charge in [0.2, 0.25) is 0 Å². The minimum atomic E-state index is -0.226. The number of halogens is 1. The Labute approximate surface area is 162 Å². The zero-order valence-corrected chi connectivity index (χ0v) is 16.1. The van der Waals surface area contributed by atoms with Crippen LogP contribution in [0.4, 0.5) is 4.39 Å². The molecule has 3 heterocycles. The first-order valence-electron chi connectivity index (χ1n) is 9.24. The maximum absolute atomic E-state index is 13.3. The van der Waals surface area contributed by atoms with E-state index in [1.165, 1.54) is 12.1 Å². The third kappa shape index (κ3) is 3.81. The Balaban J connectivity index is 1.56. The van der Waals surface area contributed by atoms with Gasteiger partial charge in [-0.3, -0.25) is 9.48 Å². The average Bonchev–Trinajstić information content (AvgIpc) is 3.26. The van der Waals surface area contributed by atoms with E-state index >= 15 is 0 Å². The number of thiophene rings is 1. The lowest BCUT2D eigenvalue weighted by atomic mass is 9.94. The van der Waals surface area contributed by atoms with Crippen molar-refractivity contribution < 1.29 is 9.18 Å². The molecule has 0 aliphatic carbocycles. The van der Waals surface area contributed by atoms with E-state index in [2.05, 4.69) is 5.10 Å². The number of amides is 1. The number of hydrogen-bond acceptors (Lipinski definition) is 3. The normalized spacial score (nSPS) is 17.7. The Morgan fingerprint density at radius 1 is 1.22 bits per heavy atom. The van der Waals surface area contributed by atoms with Crippen molar-refractivity contribution in [2.75, 3.05) is 13.1 Å². The van der Waals surface area contributed by atoms with Crippen LogP contribution in [0.15, 0.2) is 47.8 Å². The predicted octanol–water partition coefficient (Wildman–Crippen LogP) is 4.70. The van der Waals surface area contributed by atoms with Crippen LogP contribution in [-0.4, -0.2) is 33.7 Å². The first-order chi connectivity index (χ1) is 13.1. The van der Waals surface area contributed by atoms with Gasteiger partial charge in [-0.15, -0.1) is 11.3 Å². The highest BCUT2D eigenvalue weighted by molar-refractivity contribution is 7.13. The molecular formula is C21H22FN3OS. The molecule has 1 atom stereocenters. The third-order valence-corrected chi connectivity index (χ3v) is 6.06. The summed E-state index contributed by atoms with van der Waals surface area (Å²) >= 11 is 1.62. The SMILES string of the molecule is Cn1nc(-c2cccs2)cc1C(=O)N1CCCC[C@@H](c2ccc(F)cc2)C1. The van der Waals surface area contributed by atoms with Gasteiger partial charge in [0, 0.05) is 26.1 Å². The summed E-state index contributed by atoms with van der Waals surface area (Å²) in [6.07, 6.45) is 3.07. The number of aromatic nitrogens is 2.